The number of rotatable bonds is 10. The number of nitrogens with one attached hydrogen (secondary N) is 2. The van der Waals surface area contributed by atoms with E-state index in [-0.39, 0.29) is 18.4 Å². The molecule has 0 bridgehead atoms. The molecule has 32 heavy (non-hydrogen) atoms. The number of hydrogen-bond donors (Lipinski definition) is 2. The Balaban J connectivity index is 1.72. The molecule has 2 rings (SSSR count). The number of halogens is 3. The van der Waals surface area contributed by atoms with Gasteiger partial charge in [0.15, 0.2) is 0 Å². The number of amides is 3. The molecule has 3 amide bonds. The summed E-state index contributed by atoms with van der Waals surface area (Å²) in [6.07, 6.45) is -3.80. The van der Waals surface area contributed by atoms with E-state index < -0.39 is 24.9 Å². The molecule has 0 radical (unpaired) electrons. The van der Waals surface area contributed by atoms with Crippen LogP contribution in [-0.4, -0.2) is 79.9 Å². The number of nitrogens with zero attached hydrogens (tertiary/aromatic N) is 2. The maximum absolute atomic E-state index is 13.0. The molecule has 180 valence electrons. The molecule has 1 saturated heterocycles. The van der Waals surface area contributed by atoms with Crippen LogP contribution < -0.4 is 10.6 Å². The molecular weight excluding hydrogens is 425 g/mol. The Kier molecular flexibility index (Phi) is 10.2. The molecule has 2 N–H and O–H groups in total. The fraction of sp³-hybridized carbons (Fsp3) is 0.636. The van der Waals surface area contributed by atoms with Crippen LogP contribution in [0.3, 0.4) is 0 Å². The molecule has 1 atom stereocenters. The van der Waals surface area contributed by atoms with Crippen molar-refractivity contribution in [2.75, 3.05) is 45.9 Å². The van der Waals surface area contributed by atoms with E-state index in [4.69, 9.17) is 0 Å². The summed E-state index contributed by atoms with van der Waals surface area (Å²) in [6, 6.07) is 8.49. The summed E-state index contributed by atoms with van der Waals surface area (Å²) in [6.45, 7) is 5.89. The molecule has 0 aliphatic carbocycles. The molecule has 10 heteroatoms. The molecule has 1 aliphatic rings. The summed E-state index contributed by atoms with van der Waals surface area (Å²) < 4.78 is 40.9. The van der Waals surface area contributed by atoms with Gasteiger partial charge >= 0.3 is 12.2 Å². The predicted molar refractivity (Wildman–Crippen MR) is 115 cm³/mol. The first-order valence-corrected chi connectivity index (χ1v) is 10.9. The summed E-state index contributed by atoms with van der Waals surface area (Å²) in [5, 5.41) is 5.57. The zero-order valence-electron chi connectivity index (χ0n) is 18.7. The lowest BCUT2D eigenvalue weighted by atomic mass is 10.0. The number of urea groups is 1. The van der Waals surface area contributed by atoms with Gasteiger partial charge in [0.1, 0.15) is 12.6 Å². The number of alkyl halides is 3. The molecular formula is C22H33F3N4O3. The van der Waals surface area contributed by atoms with Gasteiger partial charge in [0.2, 0.25) is 5.91 Å². The summed E-state index contributed by atoms with van der Waals surface area (Å²) in [5.74, 6) is -0.197. The molecule has 0 saturated carbocycles. The normalized spacial score (nSPS) is 16.1. The second kappa shape index (κ2) is 12.6. The highest BCUT2D eigenvalue weighted by molar-refractivity contribution is 5.87. The smallest absolute Gasteiger partial charge is 0.372 e. The molecule has 1 aromatic rings. The van der Waals surface area contributed by atoms with Crippen LogP contribution in [0, 0.1) is 5.92 Å². The van der Waals surface area contributed by atoms with Gasteiger partial charge in [0, 0.05) is 45.9 Å². The third kappa shape index (κ3) is 9.44. The van der Waals surface area contributed by atoms with Crippen molar-refractivity contribution >= 4 is 11.9 Å². The minimum Gasteiger partial charge on any atom is -0.372 e. The van der Waals surface area contributed by atoms with Gasteiger partial charge in [-0.15, -0.1) is 0 Å². The van der Waals surface area contributed by atoms with Gasteiger partial charge in [-0.25, -0.2) is 4.79 Å². The Bertz CT molecular complexity index is 708. The zero-order valence-corrected chi connectivity index (χ0v) is 18.7. The SMILES string of the molecule is CC(C)C(NC(=O)NCc1ccccc1)C(=O)N1CCN(CCCOCC(F)(F)F)CC1. The largest absolute Gasteiger partial charge is 0.411 e. The maximum atomic E-state index is 13.0. The lowest BCUT2D eigenvalue weighted by Crippen LogP contribution is -2.57. The average Bonchev–Trinajstić information content (AvgIpc) is 2.75. The summed E-state index contributed by atoms with van der Waals surface area (Å²) in [4.78, 5) is 29.1. The van der Waals surface area contributed by atoms with Crippen molar-refractivity contribution in [3.05, 3.63) is 35.9 Å². The fourth-order valence-electron chi connectivity index (χ4n) is 3.45. The quantitative estimate of drug-likeness (QED) is 0.529. The molecule has 1 fully saturated rings. The molecule has 1 aromatic carbocycles. The second-order valence-electron chi connectivity index (χ2n) is 8.22. The summed E-state index contributed by atoms with van der Waals surface area (Å²) in [7, 11) is 0. The number of hydrogen-bond acceptors (Lipinski definition) is 4. The van der Waals surface area contributed by atoms with E-state index in [1.165, 1.54) is 0 Å². The van der Waals surface area contributed by atoms with Crippen molar-refractivity contribution in [1.82, 2.24) is 20.4 Å². The molecule has 1 unspecified atom stereocenters. The highest BCUT2D eigenvalue weighted by atomic mass is 19.4. The van der Waals surface area contributed by atoms with E-state index in [0.717, 1.165) is 5.56 Å². The van der Waals surface area contributed by atoms with Crippen LogP contribution in [0.25, 0.3) is 0 Å². The van der Waals surface area contributed by atoms with Crippen LogP contribution in [0.4, 0.5) is 18.0 Å². The number of benzene rings is 1. The topological polar surface area (TPSA) is 73.9 Å². The van der Waals surface area contributed by atoms with Crippen molar-refractivity contribution in [1.29, 1.82) is 0 Å². The van der Waals surface area contributed by atoms with Crippen molar-refractivity contribution in [3.8, 4) is 0 Å². The molecule has 0 aromatic heterocycles. The van der Waals surface area contributed by atoms with Crippen molar-refractivity contribution in [3.63, 3.8) is 0 Å². The van der Waals surface area contributed by atoms with Crippen LogP contribution in [-0.2, 0) is 16.1 Å². The number of carbonyl (C=O) groups is 2. The van der Waals surface area contributed by atoms with Gasteiger partial charge in [-0.1, -0.05) is 44.2 Å². The van der Waals surface area contributed by atoms with Crippen LogP contribution in [0.1, 0.15) is 25.8 Å². The minimum absolute atomic E-state index is 0.0517. The molecule has 7 nitrogen and oxygen atoms in total. The third-order valence-electron chi connectivity index (χ3n) is 5.23. The Labute approximate surface area is 187 Å². The van der Waals surface area contributed by atoms with Gasteiger partial charge in [-0.3, -0.25) is 9.69 Å². The lowest BCUT2D eigenvalue weighted by Gasteiger charge is -2.37. The standard InChI is InChI=1S/C22H33F3N4O3/c1-17(2)19(27-21(31)26-15-18-7-4-3-5-8-18)20(30)29-12-10-28(11-13-29)9-6-14-32-16-22(23,24)25/h3-5,7-8,17,19H,6,9-16H2,1-2H3,(H2,26,27,31). The van der Waals surface area contributed by atoms with E-state index >= 15 is 0 Å². The van der Waals surface area contributed by atoms with Crippen LogP contribution in [0.5, 0.6) is 0 Å². The maximum Gasteiger partial charge on any atom is 0.411 e. The van der Waals surface area contributed by atoms with E-state index in [1.807, 2.05) is 44.2 Å². The van der Waals surface area contributed by atoms with Gasteiger partial charge in [-0.2, -0.15) is 13.2 Å². The van der Waals surface area contributed by atoms with Gasteiger partial charge in [0.25, 0.3) is 0 Å². The van der Waals surface area contributed by atoms with Gasteiger partial charge in [-0.05, 0) is 17.9 Å². The monoisotopic (exact) mass is 458 g/mol. The van der Waals surface area contributed by atoms with Gasteiger partial charge in [0.05, 0.1) is 0 Å². The first-order valence-electron chi connectivity index (χ1n) is 10.9. The Morgan fingerprint density at radius 2 is 1.75 bits per heavy atom. The number of carbonyl (C=O) groups excluding carboxylic acids is 2. The highest BCUT2D eigenvalue weighted by Gasteiger charge is 2.31. The van der Waals surface area contributed by atoms with Crippen molar-refractivity contribution < 1.29 is 27.5 Å². The van der Waals surface area contributed by atoms with E-state index in [2.05, 4.69) is 20.3 Å². The first-order chi connectivity index (χ1) is 15.2. The van der Waals surface area contributed by atoms with Crippen molar-refractivity contribution in [2.24, 2.45) is 5.92 Å². The van der Waals surface area contributed by atoms with E-state index in [1.54, 1.807) is 4.90 Å². The number of piperazine rings is 1. The van der Waals surface area contributed by atoms with Crippen LogP contribution in [0.2, 0.25) is 0 Å². The second-order valence-corrected chi connectivity index (χ2v) is 8.22. The number of ether oxygens (including phenoxy) is 1. The lowest BCUT2D eigenvalue weighted by molar-refractivity contribution is -0.174. The van der Waals surface area contributed by atoms with Crippen LogP contribution in [0.15, 0.2) is 30.3 Å². The first kappa shape index (κ1) is 25.9. The highest BCUT2D eigenvalue weighted by Crippen LogP contribution is 2.14. The third-order valence-corrected chi connectivity index (χ3v) is 5.23. The van der Waals surface area contributed by atoms with E-state index in [0.29, 0.717) is 45.7 Å². The predicted octanol–water partition coefficient (Wildman–Crippen LogP) is 2.62. The molecule has 1 heterocycles. The fourth-order valence-corrected chi connectivity index (χ4v) is 3.45. The molecule has 0 spiro atoms. The minimum atomic E-state index is -4.30. The average molecular weight is 459 g/mol. The van der Waals surface area contributed by atoms with Crippen molar-refractivity contribution in [2.45, 2.75) is 39.0 Å². The van der Waals surface area contributed by atoms with Crippen LogP contribution >= 0.6 is 0 Å². The molecule has 1 aliphatic heterocycles. The Morgan fingerprint density at radius 1 is 1.09 bits per heavy atom. The zero-order chi connectivity index (χ0) is 23.6. The summed E-state index contributed by atoms with van der Waals surface area (Å²) >= 11 is 0. The Hall–Kier alpha value is -2.33. The summed E-state index contributed by atoms with van der Waals surface area (Å²) in [5.41, 5.74) is 0.968. The van der Waals surface area contributed by atoms with Gasteiger partial charge < -0.3 is 20.3 Å². The van der Waals surface area contributed by atoms with E-state index in [9.17, 15) is 22.8 Å². The Morgan fingerprint density at radius 3 is 2.34 bits per heavy atom.